The van der Waals surface area contributed by atoms with E-state index in [9.17, 15) is 4.79 Å². The van der Waals surface area contributed by atoms with E-state index in [4.69, 9.17) is 0 Å². The Kier molecular flexibility index (Phi) is 5.40. The van der Waals surface area contributed by atoms with Gasteiger partial charge in [0.2, 0.25) is 5.91 Å². The number of amides is 1. The summed E-state index contributed by atoms with van der Waals surface area (Å²) >= 11 is 0. The summed E-state index contributed by atoms with van der Waals surface area (Å²) in [7, 11) is 0. The van der Waals surface area contributed by atoms with E-state index in [-0.39, 0.29) is 5.91 Å². The van der Waals surface area contributed by atoms with E-state index in [2.05, 4.69) is 17.6 Å². The normalized spacial score (nSPS) is 22.8. The van der Waals surface area contributed by atoms with Gasteiger partial charge >= 0.3 is 0 Å². The topological polar surface area (TPSA) is 41.1 Å². The van der Waals surface area contributed by atoms with E-state index in [1.54, 1.807) is 0 Å². The minimum absolute atomic E-state index is 0.107. The second-order valence-electron chi connectivity index (χ2n) is 6.57. The number of carbonyl (C=O) groups excluding carboxylic acids is 1. The number of piperidine rings is 1. The molecular weight excluding hydrogens is 260 g/mol. The third-order valence-electron chi connectivity index (χ3n) is 4.80. The van der Waals surface area contributed by atoms with Crippen LogP contribution < -0.4 is 10.6 Å². The van der Waals surface area contributed by atoms with Crippen molar-refractivity contribution >= 4 is 5.91 Å². The van der Waals surface area contributed by atoms with Crippen LogP contribution in [0.15, 0.2) is 30.3 Å². The van der Waals surface area contributed by atoms with Crippen LogP contribution in [0, 0.1) is 5.92 Å². The van der Waals surface area contributed by atoms with E-state index in [0.29, 0.717) is 12.0 Å². The lowest BCUT2D eigenvalue weighted by Crippen LogP contribution is -2.51. The fourth-order valence-corrected chi connectivity index (χ4v) is 3.16. The first-order valence-corrected chi connectivity index (χ1v) is 8.13. The first kappa shape index (κ1) is 16.0. The van der Waals surface area contributed by atoms with Crippen LogP contribution in [0.5, 0.6) is 0 Å². The number of hydrogen-bond donors (Lipinski definition) is 2. The lowest BCUT2D eigenvalue weighted by Gasteiger charge is -2.33. The van der Waals surface area contributed by atoms with Crippen LogP contribution in [0.25, 0.3) is 0 Å². The molecular formula is C18H28N2O. The highest BCUT2D eigenvalue weighted by molar-refractivity contribution is 5.87. The second-order valence-corrected chi connectivity index (χ2v) is 6.57. The molecule has 1 aromatic rings. The van der Waals surface area contributed by atoms with E-state index >= 15 is 0 Å². The van der Waals surface area contributed by atoms with Crippen molar-refractivity contribution in [2.45, 2.75) is 51.5 Å². The summed E-state index contributed by atoms with van der Waals surface area (Å²) in [5.41, 5.74) is 0.573. The maximum absolute atomic E-state index is 12.6. The van der Waals surface area contributed by atoms with Gasteiger partial charge in [0.15, 0.2) is 0 Å². The van der Waals surface area contributed by atoms with E-state index in [1.165, 1.54) is 19.3 Å². The Morgan fingerprint density at radius 3 is 2.71 bits per heavy atom. The highest BCUT2D eigenvalue weighted by Crippen LogP contribution is 2.24. The van der Waals surface area contributed by atoms with Gasteiger partial charge in [-0.3, -0.25) is 4.79 Å². The SMILES string of the molecule is CCC1CCCNC1CNC(=O)C(C)(C)c1ccccc1. The van der Waals surface area contributed by atoms with Crippen LogP contribution in [0.3, 0.4) is 0 Å². The van der Waals surface area contributed by atoms with Gasteiger partial charge in [-0.2, -0.15) is 0 Å². The first-order valence-electron chi connectivity index (χ1n) is 8.13. The van der Waals surface area contributed by atoms with E-state index in [1.807, 2.05) is 44.2 Å². The van der Waals surface area contributed by atoms with E-state index < -0.39 is 5.41 Å². The summed E-state index contributed by atoms with van der Waals surface area (Å²) in [5, 5.41) is 6.71. The third kappa shape index (κ3) is 3.85. The molecule has 0 radical (unpaired) electrons. The van der Waals surface area contributed by atoms with Crippen LogP contribution in [0.2, 0.25) is 0 Å². The monoisotopic (exact) mass is 288 g/mol. The average Bonchev–Trinajstić information content (AvgIpc) is 2.53. The molecule has 3 heteroatoms. The highest BCUT2D eigenvalue weighted by atomic mass is 16.2. The number of hydrogen-bond acceptors (Lipinski definition) is 2. The summed E-state index contributed by atoms with van der Waals surface area (Å²) in [6.07, 6.45) is 3.69. The van der Waals surface area contributed by atoms with Crippen molar-refractivity contribution in [2.75, 3.05) is 13.1 Å². The molecule has 1 amide bonds. The predicted molar refractivity (Wildman–Crippen MR) is 87.3 cm³/mol. The Morgan fingerprint density at radius 2 is 2.05 bits per heavy atom. The molecule has 0 aromatic heterocycles. The quantitative estimate of drug-likeness (QED) is 0.875. The largest absolute Gasteiger partial charge is 0.354 e. The molecule has 0 aliphatic carbocycles. The van der Waals surface area contributed by atoms with Gasteiger partial charge in [-0.15, -0.1) is 0 Å². The molecule has 2 atom stereocenters. The number of carbonyl (C=O) groups is 1. The lowest BCUT2D eigenvalue weighted by molar-refractivity contribution is -0.125. The highest BCUT2D eigenvalue weighted by Gasteiger charge is 2.31. The second kappa shape index (κ2) is 7.08. The van der Waals surface area contributed by atoms with Crippen LogP contribution in [0.1, 0.15) is 45.6 Å². The molecule has 2 rings (SSSR count). The fourth-order valence-electron chi connectivity index (χ4n) is 3.16. The van der Waals surface area contributed by atoms with Crippen LogP contribution >= 0.6 is 0 Å². The van der Waals surface area contributed by atoms with Crippen molar-refractivity contribution in [3.05, 3.63) is 35.9 Å². The number of benzene rings is 1. The zero-order valence-corrected chi connectivity index (χ0v) is 13.5. The third-order valence-corrected chi connectivity index (χ3v) is 4.80. The molecule has 1 aliphatic rings. The molecule has 0 spiro atoms. The van der Waals surface area contributed by atoms with Crippen LogP contribution in [-0.4, -0.2) is 25.0 Å². The van der Waals surface area contributed by atoms with Crippen molar-refractivity contribution in [3.8, 4) is 0 Å². The zero-order valence-electron chi connectivity index (χ0n) is 13.5. The summed E-state index contributed by atoms with van der Waals surface area (Å²) in [4.78, 5) is 12.6. The van der Waals surface area contributed by atoms with Gasteiger partial charge in [0.1, 0.15) is 0 Å². The Hall–Kier alpha value is -1.35. The summed E-state index contributed by atoms with van der Waals surface area (Å²) in [6.45, 7) is 8.01. The molecule has 2 N–H and O–H groups in total. The van der Waals surface area contributed by atoms with E-state index in [0.717, 1.165) is 18.7 Å². The summed E-state index contributed by atoms with van der Waals surface area (Å²) < 4.78 is 0. The number of nitrogens with one attached hydrogen (secondary N) is 2. The molecule has 116 valence electrons. The molecule has 3 nitrogen and oxygen atoms in total. The van der Waals surface area contributed by atoms with Gasteiger partial charge in [-0.1, -0.05) is 43.7 Å². The van der Waals surface area contributed by atoms with Gasteiger partial charge in [0, 0.05) is 12.6 Å². The predicted octanol–water partition coefficient (Wildman–Crippen LogP) is 2.86. The maximum Gasteiger partial charge on any atom is 0.230 e. The van der Waals surface area contributed by atoms with Crippen molar-refractivity contribution in [3.63, 3.8) is 0 Å². The Bertz CT molecular complexity index is 456. The smallest absolute Gasteiger partial charge is 0.230 e. The molecule has 1 aliphatic heterocycles. The molecule has 0 bridgehead atoms. The van der Waals surface area contributed by atoms with Gasteiger partial charge in [0.05, 0.1) is 5.41 Å². The fraction of sp³-hybridized carbons (Fsp3) is 0.611. The average molecular weight is 288 g/mol. The summed E-state index contributed by atoms with van der Waals surface area (Å²) in [6, 6.07) is 10.4. The standard InChI is InChI=1S/C18H28N2O/c1-4-14-9-8-12-19-16(14)13-20-17(21)18(2,3)15-10-6-5-7-11-15/h5-7,10-11,14,16,19H,4,8-9,12-13H2,1-3H3,(H,20,21). The Balaban J connectivity index is 1.94. The maximum atomic E-state index is 12.6. The molecule has 1 fully saturated rings. The molecule has 1 saturated heterocycles. The molecule has 1 heterocycles. The minimum Gasteiger partial charge on any atom is -0.354 e. The number of rotatable bonds is 5. The first-order chi connectivity index (χ1) is 10.1. The van der Waals surface area contributed by atoms with Crippen molar-refractivity contribution < 1.29 is 4.79 Å². The van der Waals surface area contributed by atoms with Crippen molar-refractivity contribution in [2.24, 2.45) is 5.92 Å². The molecule has 21 heavy (non-hydrogen) atoms. The zero-order chi connectivity index (χ0) is 15.3. The van der Waals surface area contributed by atoms with Crippen molar-refractivity contribution in [1.82, 2.24) is 10.6 Å². The lowest BCUT2D eigenvalue weighted by atomic mass is 9.83. The van der Waals surface area contributed by atoms with Crippen LogP contribution in [-0.2, 0) is 10.2 Å². The Labute approximate surface area is 128 Å². The van der Waals surface area contributed by atoms with Crippen molar-refractivity contribution in [1.29, 1.82) is 0 Å². The molecule has 2 unspecified atom stereocenters. The van der Waals surface area contributed by atoms with Gasteiger partial charge < -0.3 is 10.6 Å². The molecule has 1 aromatic carbocycles. The Morgan fingerprint density at radius 1 is 1.33 bits per heavy atom. The molecule has 0 saturated carbocycles. The van der Waals surface area contributed by atoms with Gasteiger partial charge in [-0.05, 0) is 44.7 Å². The van der Waals surface area contributed by atoms with Gasteiger partial charge in [0.25, 0.3) is 0 Å². The summed E-state index contributed by atoms with van der Waals surface area (Å²) in [5.74, 6) is 0.787. The van der Waals surface area contributed by atoms with Crippen LogP contribution in [0.4, 0.5) is 0 Å². The minimum atomic E-state index is -0.488. The van der Waals surface area contributed by atoms with Gasteiger partial charge in [-0.25, -0.2) is 0 Å².